The third-order valence-electron chi connectivity index (χ3n) is 4.13. The van der Waals surface area contributed by atoms with Crippen molar-refractivity contribution < 1.29 is 9.59 Å². The number of benzene rings is 1. The van der Waals surface area contributed by atoms with E-state index in [0.29, 0.717) is 21.8 Å². The van der Waals surface area contributed by atoms with Gasteiger partial charge in [-0.15, -0.1) is 0 Å². The smallest absolute Gasteiger partial charge is 0.309 e. The number of nitrogens with one attached hydrogen (secondary N) is 1. The predicted octanol–water partition coefficient (Wildman–Crippen LogP) is 3.94. The van der Waals surface area contributed by atoms with Crippen LogP contribution in [-0.4, -0.2) is 26.8 Å². The van der Waals surface area contributed by atoms with E-state index in [1.165, 1.54) is 6.92 Å². The fourth-order valence-corrected chi connectivity index (χ4v) is 3.78. The van der Waals surface area contributed by atoms with Crippen LogP contribution in [0.4, 0.5) is 0 Å². The molecule has 0 saturated heterocycles. The number of hydrogen-bond donors (Lipinski definition) is 1. The number of carbonyl (C=O) groups excluding carboxylic acids is 2. The maximum absolute atomic E-state index is 12.7. The molecule has 0 fully saturated rings. The third kappa shape index (κ3) is 4.49. The summed E-state index contributed by atoms with van der Waals surface area (Å²) in [5, 5.41) is -0.173. The number of nitrogens with zero attached hydrogens (tertiary/aromatic N) is 1. The number of aromatic nitrogens is 2. The number of aromatic amines is 1. The van der Waals surface area contributed by atoms with Gasteiger partial charge in [-0.05, 0) is 31.7 Å². The molecule has 0 bridgehead atoms. The first-order chi connectivity index (χ1) is 12.0. The van der Waals surface area contributed by atoms with Crippen LogP contribution in [-0.2, 0) is 5.41 Å². The molecule has 0 aliphatic carbocycles. The number of aryl methyl sites for hydroxylation is 1. The van der Waals surface area contributed by atoms with E-state index in [1.807, 2.05) is 24.3 Å². The van der Waals surface area contributed by atoms with Crippen LogP contribution >= 0.6 is 11.8 Å². The van der Waals surface area contributed by atoms with Gasteiger partial charge in [0.05, 0.1) is 10.8 Å². The highest BCUT2D eigenvalue weighted by Crippen LogP contribution is 2.28. The summed E-state index contributed by atoms with van der Waals surface area (Å²) in [7, 11) is 0. The van der Waals surface area contributed by atoms with Crippen molar-refractivity contribution in [1.82, 2.24) is 9.97 Å². The summed E-state index contributed by atoms with van der Waals surface area (Å²) in [5.74, 6) is -0.257. The Morgan fingerprint density at radius 2 is 1.73 bits per heavy atom. The molecule has 1 aromatic heterocycles. The maximum Gasteiger partial charge on any atom is 0.346 e. The van der Waals surface area contributed by atoms with Crippen molar-refractivity contribution in [2.75, 3.05) is 0 Å². The molecule has 0 radical (unpaired) electrons. The molecule has 6 heteroatoms. The van der Waals surface area contributed by atoms with E-state index in [9.17, 15) is 14.4 Å². The van der Waals surface area contributed by atoms with Gasteiger partial charge in [0.2, 0.25) is 0 Å². The average molecular weight is 372 g/mol. The first kappa shape index (κ1) is 20.1. The molecule has 1 heterocycles. The summed E-state index contributed by atoms with van der Waals surface area (Å²) in [6, 6.07) is 7.56. The van der Waals surface area contributed by atoms with Crippen LogP contribution in [0.25, 0.3) is 0 Å². The minimum Gasteiger partial charge on any atom is -0.309 e. The second kappa shape index (κ2) is 7.58. The number of H-pyrrole nitrogens is 1. The van der Waals surface area contributed by atoms with Gasteiger partial charge in [-0.1, -0.05) is 56.8 Å². The molecule has 0 aliphatic heterocycles. The highest BCUT2D eigenvalue weighted by Gasteiger charge is 2.22. The highest BCUT2D eigenvalue weighted by atomic mass is 32.2. The topological polar surface area (TPSA) is 79.9 Å². The zero-order valence-corrected chi connectivity index (χ0v) is 16.8. The Labute approximate surface area is 157 Å². The Balaban J connectivity index is 2.28. The Kier molecular flexibility index (Phi) is 5.86. The number of thioether (sulfide) groups is 1. The largest absolute Gasteiger partial charge is 0.346 e. The Hall–Kier alpha value is -2.21. The van der Waals surface area contributed by atoms with Crippen LogP contribution in [0, 0.1) is 6.92 Å². The first-order valence-electron chi connectivity index (χ1n) is 8.44. The van der Waals surface area contributed by atoms with Crippen LogP contribution < -0.4 is 5.69 Å². The van der Waals surface area contributed by atoms with Gasteiger partial charge in [-0.2, -0.15) is 4.98 Å². The van der Waals surface area contributed by atoms with E-state index in [2.05, 4.69) is 30.7 Å². The van der Waals surface area contributed by atoms with Gasteiger partial charge in [0.1, 0.15) is 5.03 Å². The minimum atomic E-state index is -0.524. The molecular weight excluding hydrogens is 348 g/mol. The van der Waals surface area contributed by atoms with Crippen LogP contribution in [0.3, 0.4) is 0 Å². The quantitative estimate of drug-likeness (QED) is 0.488. The van der Waals surface area contributed by atoms with Gasteiger partial charge in [0.25, 0.3) is 0 Å². The zero-order chi connectivity index (χ0) is 19.6. The van der Waals surface area contributed by atoms with E-state index in [-0.39, 0.29) is 17.0 Å². The molecular formula is C20H24N2O3S. The number of Topliss-reactive ketones (excluding diaryl/α,β-unsaturated/α-hetero) is 2. The monoisotopic (exact) mass is 372 g/mol. The van der Waals surface area contributed by atoms with Gasteiger partial charge in [0.15, 0.2) is 11.6 Å². The molecule has 5 nitrogen and oxygen atoms in total. The minimum absolute atomic E-state index is 0.0187. The Morgan fingerprint density at radius 1 is 1.15 bits per heavy atom. The molecule has 0 aliphatic rings. The molecule has 1 aromatic carbocycles. The van der Waals surface area contributed by atoms with E-state index in [4.69, 9.17) is 0 Å². The van der Waals surface area contributed by atoms with Crippen molar-refractivity contribution in [2.45, 2.75) is 57.2 Å². The second-order valence-corrected chi connectivity index (χ2v) is 8.68. The van der Waals surface area contributed by atoms with E-state index in [1.54, 1.807) is 13.8 Å². The van der Waals surface area contributed by atoms with Gasteiger partial charge in [-0.25, -0.2) is 4.79 Å². The molecule has 138 valence electrons. The maximum atomic E-state index is 12.7. The van der Waals surface area contributed by atoms with Gasteiger partial charge >= 0.3 is 5.69 Å². The SMILES string of the molecule is CC(=O)c1c(S[C@@H](C)C(=O)c2ccc(C(C)(C)C)cc2)nc(=O)[nH]c1C. The average Bonchev–Trinajstić information content (AvgIpc) is 2.52. The lowest BCUT2D eigenvalue weighted by Gasteiger charge is -2.19. The van der Waals surface area contributed by atoms with Crippen molar-refractivity contribution in [2.24, 2.45) is 0 Å². The molecule has 1 atom stereocenters. The molecule has 2 rings (SSSR count). The predicted molar refractivity (Wildman–Crippen MR) is 104 cm³/mol. The molecule has 1 N–H and O–H groups in total. The summed E-state index contributed by atoms with van der Waals surface area (Å²) >= 11 is 1.14. The summed E-state index contributed by atoms with van der Waals surface area (Å²) < 4.78 is 0. The fourth-order valence-electron chi connectivity index (χ4n) is 2.65. The molecule has 26 heavy (non-hydrogen) atoms. The van der Waals surface area contributed by atoms with Gasteiger partial charge in [0, 0.05) is 11.3 Å². The highest BCUT2D eigenvalue weighted by molar-refractivity contribution is 8.00. The van der Waals surface area contributed by atoms with Crippen molar-refractivity contribution in [3.63, 3.8) is 0 Å². The molecule has 2 aromatic rings. The lowest BCUT2D eigenvalue weighted by Crippen LogP contribution is -2.20. The number of ketones is 2. The molecule has 0 unspecified atom stereocenters. The summed E-state index contributed by atoms with van der Waals surface area (Å²) in [5.41, 5.74) is 2.07. The summed E-state index contributed by atoms with van der Waals surface area (Å²) in [4.78, 5) is 42.7. The molecule has 0 amide bonds. The van der Waals surface area contributed by atoms with Crippen molar-refractivity contribution in [1.29, 1.82) is 0 Å². The molecule has 0 spiro atoms. The normalized spacial score (nSPS) is 12.7. The Bertz CT molecular complexity index is 893. The van der Waals surface area contributed by atoms with Crippen LogP contribution in [0.5, 0.6) is 0 Å². The van der Waals surface area contributed by atoms with Crippen molar-refractivity contribution in [3.05, 3.63) is 57.1 Å². The Morgan fingerprint density at radius 3 is 2.23 bits per heavy atom. The van der Waals surface area contributed by atoms with Crippen molar-refractivity contribution >= 4 is 23.3 Å². The third-order valence-corrected chi connectivity index (χ3v) is 5.22. The standard InChI is InChI=1S/C20H24N2O3S/c1-11-16(12(2)23)18(22-19(25)21-11)26-13(3)17(24)14-7-9-15(10-8-14)20(4,5)6/h7-10,13H,1-6H3,(H,21,22,25)/t13-/m0/s1. The van der Waals surface area contributed by atoms with E-state index >= 15 is 0 Å². The van der Waals surface area contributed by atoms with E-state index in [0.717, 1.165) is 17.3 Å². The van der Waals surface area contributed by atoms with Crippen LogP contribution in [0.1, 0.15) is 66.6 Å². The van der Waals surface area contributed by atoms with Crippen LogP contribution in [0.15, 0.2) is 34.1 Å². The van der Waals surface area contributed by atoms with E-state index < -0.39 is 10.9 Å². The number of hydrogen-bond acceptors (Lipinski definition) is 5. The number of rotatable bonds is 5. The number of carbonyl (C=O) groups is 2. The van der Waals surface area contributed by atoms with Gasteiger partial charge in [-0.3, -0.25) is 9.59 Å². The van der Waals surface area contributed by atoms with Crippen LogP contribution in [0.2, 0.25) is 0 Å². The second-order valence-electron chi connectivity index (χ2n) is 7.35. The first-order valence-corrected chi connectivity index (χ1v) is 9.32. The summed E-state index contributed by atoms with van der Waals surface area (Å²) in [6.07, 6.45) is 0. The lowest BCUT2D eigenvalue weighted by molar-refractivity contribution is 0.0988. The van der Waals surface area contributed by atoms with Crippen molar-refractivity contribution in [3.8, 4) is 0 Å². The zero-order valence-electron chi connectivity index (χ0n) is 16.0. The lowest BCUT2D eigenvalue weighted by atomic mass is 9.86. The molecule has 0 saturated carbocycles. The fraction of sp³-hybridized carbons (Fsp3) is 0.400. The summed E-state index contributed by atoms with van der Waals surface area (Å²) in [6.45, 7) is 11.2. The van der Waals surface area contributed by atoms with Gasteiger partial charge < -0.3 is 4.98 Å².